The van der Waals surface area contributed by atoms with Crippen LogP contribution < -0.4 is 11.1 Å². The van der Waals surface area contributed by atoms with Gasteiger partial charge in [-0.15, -0.1) is 11.3 Å². The molecule has 0 saturated heterocycles. The molecule has 2 unspecified atom stereocenters. The molecular formula is C14H24N2OS. The van der Waals surface area contributed by atoms with Crippen LogP contribution in [0.25, 0.3) is 0 Å². The Morgan fingerprint density at radius 2 is 2.00 bits per heavy atom. The number of thiophene rings is 1. The van der Waals surface area contributed by atoms with E-state index < -0.39 is 0 Å². The Bertz CT molecular complexity index is 360. The van der Waals surface area contributed by atoms with Crippen LogP contribution in [0.4, 0.5) is 0 Å². The van der Waals surface area contributed by atoms with Gasteiger partial charge in [-0.2, -0.15) is 0 Å². The first kappa shape index (κ1) is 15.2. The van der Waals surface area contributed by atoms with Gasteiger partial charge in [-0.3, -0.25) is 4.79 Å². The van der Waals surface area contributed by atoms with E-state index in [9.17, 15) is 4.79 Å². The Morgan fingerprint density at radius 1 is 1.33 bits per heavy atom. The maximum absolute atomic E-state index is 12.0. The lowest BCUT2D eigenvalue weighted by Gasteiger charge is -2.23. The normalized spacial score (nSPS) is 14.8. The van der Waals surface area contributed by atoms with E-state index in [-0.39, 0.29) is 18.0 Å². The van der Waals surface area contributed by atoms with Crippen molar-refractivity contribution in [2.24, 2.45) is 17.6 Å². The van der Waals surface area contributed by atoms with E-state index in [2.05, 4.69) is 25.2 Å². The molecule has 3 N–H and O–H groups in total. The Morgan fingerprint density at radius 3 is 2.44 bits per heavy atom. The van der Waals surface area contributed by atoms with Gasteiger partial charge in [-0.05, 0) is 23.3 Å². The highest BCUT2D eigenvalue weighted by Crippen LogP contribution is 2.25. The van der Waals surface area contributed by atoms with Gasteiger partial charge in [0.15, 0.2) is 0 Å². The highest BCUT2D eigenvalue weighted by molar-refractivity contribution is 7.10. The third-order valence-corrected chi connectivity index (χ3v) is 4.07. The van der Waals surface area contributed by atoms with Crippen LogP contribution in [0, 0.1) is 11.8 Å². The number of rotatable bonds is 6. The lowest BCUT2D eigenvalue weighted by atomic mass is 9.99. The summed E-state index contributed by atoms with van der Waals surface area (Å²) in [6.07, 6.45) is 0.395. The summed E-state index contributed by atoms with van der Waals surface area (Å²) in [5.74, 6) is 0.751. The van der Waals surface area contributed by atoms with E-state index in [0.29, 0.717) is 18.3 Å². The number of carbonyl (C=O) groups is 1. The highest BCUT2D eigenvalue weighted by Gasteiger charge is 2.21. The number of nitrogens with two attached hydrogens (primary N) is 1. The van der Waals surface area contributed by atoms with Crippen LogP contribution in [-0.2, 0) is 4.79 Å². The molecule has 3 nitrogen and oxygen atoms in total. The summed E-state index contributed by atoms with van der Waals surface area (Å²) in [4.78, 5) is 13.2. The van der Waals surface area contributed by atoms with Gasteiger partial charge in [0, 0.05) is 17.3 Å². The van der Waals surface area contributed by atoms with Gasteiger partial charge in [0.2, 0.25) is 5.91 Å². The Hall–Kier alpha value is -0.870. The summed E-state index contributed by atoms with van der Waals surface area (Å²) in [7, 11) is 0. The first-order valence-corrected chi connectivity index (χ1v) is 7.38. The molecule has 0 radical (unpaired) electrons. The lowest BCUT2D eigenvalue weighted by molar-refractivity contribution is -0.122. The van der Waals surface area contributed by atoms with Crippen molar-refractivity contribution in [3.63, 3.8) is 0 Å². The zero-order valence-corrected chi connectivity index (χ0v) is 12.5. The smallest absolute Gasteiger partial charge is 0.222 e. The predicted molar refractivity (Wildman–Crippen MR) is 77.5 cm³/mol. The van der Waals surface area contributed by atoms with E-state index in [1.165, 1.54) is 4.88 Å². The topological polar surface area (TPSA) is 55.1 Å². The summed E-state index contributed by atoms with van der Waals surface area (Å²) < 4.78 is 0. The fourth-order valence-electron chi connectivity index (χ4n) is 1.72. The van der Waals surface area contributed by atoms with Gasteiger partial charge in [-0.25, -0.2) is 0 Å². The molecule has 0 aromatic carbocycles. The maximum Gasteiger partial charge on any atom is 0.222 e. The van der Waals surface area contributed by atoms with Gasteiger partial charge < -0.3 is 11.1 Å². The second-order valence-electron chi connectivity index (χ2n) is 5.42. The average Bonchev–Trinajstić information content (AvgIpc) is 2.78. The Kier molecular flexibility index (Phi) is 5.82. The number of hydrogen-bond acceptors (Lipinski definition) is 3. The standard InChI is InChI=1S/C14H24N2OS/c1-9(2)11(15)8-13(17)16-14(10(3)4)12-6-5-7-18-12/h5-7,9-11,14H,8,15H2,1-4H3,(H,16,17). The monoisotopic (exact) mass is 268 g/mol. The quantitative estimate of drug-likeness (QED) is 0.833. The van der Waals surface area contributed by atoms with E-state index in [1.807, 2.05) is 25.3 Å². The van der Waals surface area contributed by atoms with Crippen molar-refractivity contribution in [2.45, 2.75) is 46.2 Å². The Balaban J connectivity index is 2.60. The van der Waals surface area contributed by atoms with Crippen LogP contribution in [0.5, 0.6) is 0 Å². The van der Waals surface area contributed by atoms with Crippen LogP contribution in [-0.4, -0.2) is 11.9 Å². The van der Waals surface area contributed by atoms with E-state index in [1.54, 1.807) is 11.3 Å². The zero-order valence-electron chi connectivity index (χ0n) is 11.6. The average molecular weight is 268 g/mol. The first-order valence-electron chi connectivity index (χ1n) is 6.50. The largest absolute Gasteiger partial charge is 0.348 e. The van der Waals surface area contributed by atoms with Crippen LogP contribution in [0.3, 0.4) is 0 Å². The van der Waals surface area contributed by atoms with Crippen molar-refractivity contribution >= 4 is 17.2 Å². The maximum atomic E-state index is 12.0. The molecule has 0 aliphatic carbocycles. The molecule has 1 rings (SSSR count). The third-order valence-electron chi connectivity index (χ3n) is 3.11. The third kappa shape index (κ3) is 4.42. The number of hydrogen-bond donors (Lipinski definition) is 2. The Labute approximate surface area is 114 Å². The summed E-state index contributed by atoms with van der Waals surface area (Å²) in [6, 6.07) is 4.11. The SMILES string of the molecule is CC(C)C(N)CC(=O)NC(c1cccs1)C(C)C. The van der Waals surface area contributed by atoms with Gasteiger partial charge in [0.25, 0.3) is 0 Å². The zero-order chi connectivity index (χ0) is 13.7. The summed E-state index contributed by atoms with van der Waals surface area (Å²) in [6.45, 7) is 8.31. The highest BCUT2D eigenvalue weighted by atomic mass is 32.1. The predicted octanol–water partition coefficient (Wildman–Crippen LogP) is 2.93. The van der Waals surface area contributed by atoms with E-state index in [0.717, 1.165) is 0 Å². The number of amides is 1. The molecule has 0 saturated carbocycles. The van der Waals surface area contributed by atoms with Crippen LogP contribution >= 0.6 is 11.3 Å². The fourth-order valence-corrected chi connectivity index (χ4v) is 2.67. The molecule has 102 valence electrons. The number of nitrogens with one attached hydrogen (secondary N) is 1. The van der Waals surface area contributed by atoms with Gasteiger partial charge >= 0.3 is 0 Å². The molecule has 1 heterocycles. The molecule has 4 heteroatoms. The van der Waals surface area contributed by atoms with E-state index in [4.69, 9.17) is 5.73 Å². The molecule has 0 aliphatic heterocycles. The van der Waals surface area contributed by atoms with Crippen molar-refractivity contribution < 1.29 is 4.79 Å². The minimum atomic E-state index is -0.0684. The van der Waals surface area contributed by atoms with Crippen LogP contribution in [0.15, 0.2) is 17.5 Å². The van der Waals surface area contributed by atoms with Gasteiger partial charge in [-0.1, -0.05) is 33.8 Å². The van der Waals surface area contributed by atoms with Crippen LogP contribution in [0.2, 0.25) is 0 Å². The second kappa shape index (κ2) is 6.90. The van der Waals surface area contributed by atoms with Gasteiger partial charge in [0.05, 0.1) is 6.04 Å². The molecule has 18 heavy (non-hydrogen) atoms. The minimum absolute atomic E-state index is 0.0447. The second-order valence-corrected chi connectivity index (χ2v) is 6.40. The molecule has 0 spiro atoms. The molecular weight excluding hydrogens is 244 g/mol. The van der Waals surface area contributed by atoms with Crippen molar-refractivity contribution in [2.75, 3.05) is 0 Å². The fraction of sp³-hybridized carbons (Fsp3) is 0.643. The molecule has 0 aliphatic rings. The molecule has 1 amide bonds. The molecule has 1 aromatic rings. The van der Waals surface area contributed by atoms with Gasteiger partial charge in [0.1, 0.15) is 0 Å². The van der Waals surface area contributed by atoms with Crippen LogP contribution in [0.1, 0.15) is 45.0 Å². The molecule has 0 bridgehead atoms. The summed E-state index contributed by atoms with van der Waals surface area (Å²) in [5.41, 5.74) is 5.93. The van der Waals surface area contributed by atoms with E-state index >= 15 is 0 Å². The minimum Gasteiger partial charge on any atom is -0.348 e. The molecule has 1 aromatic heterocycles. The van der Waals surface area contributed by atoms with Crippen molar-refractivity contribution in [1.82, 2.24) is 5.32 Å². The van der Waals surface area contributed by atoms with Crippen molar-refractivity contribution in [3.8, 4) is 0 Å². The summed E-state index contributed by atoms with van der Waals surface area (Å²) in [5, 5.41) is 5.13. The van der Waals surface area contributed by atoms with Crippen molar-refractivity contribution in [1.29, 1.82) is 0 Å². The van der Waals surface area contributed by atoms with Crippen molar-refractivity contribution in [3.05, 3.63) is 22.4 Å². The number of carbonyl (C=O) groups excluding carboxylic acids is 1. The first-order chi connectivity index (χ1) is 8.41. The lowest BCUT2D eigenvalue weighted by Crippen LogP contribution is -2.37. The molecule has 0 fully saturated rings. The summed E-state index contributed by atoms with van der Waals surface area (Å²) >= 11 is 1.68. The molecule has 2 atom stereocenters.